The molecule has 1 saturated carbocycles. The van der Waals surface area contributed by atoms with E-state index in [0.717, 1.165) is 51.9 Å². The van der Waals surface area contributed by atoms with Crippen molar-refractivity contribution >= 4 is 11.9 Å². The summed E-state index contributed by atoms with van der Waals surface area (Å²) < 4.78 is 0. The molecule has 0 aromatic carbocycles. The summed E-state index contributed by atoms with van der Waals surface area (Å²) in [5, 5.41) is 2.98. The number of amides is 3. The minimum absolute atomic E-state index is 0.0274. The number of terminal acetylenes is 1. The number of rotatable bonds is 3. The highest BCUT2D eigenvalue weighted by Crippen LogP contribution is 2.36. The van der Waals surface area contributed by atoms with Crippen LogP contribution in [0.4, 0.5) is 4.79 Å². The number of carbonyl (C=O) groups is 2. The summed E-state index contributed by atoms with van der Waals surface area (Å²) in [6.07, 6.45) is 8.89. The molecule has 1 aliphatic carbocycles. The summed E-state index contributed by atoms with van der Waals surface area (Å²) in [4.78, 5) is 30.9. The van der Waals surface area contributed by atoms with Crippen LogP contribution in [-0.2, 0) is 4.79 Å². The van der Waals surface area contributed by atoms with Gasteiger partial charge < -0.3 is 5.32 Å². The molecule has 6 nitrogen and oxygen atoms in total. The molecule has 1 spiro atoms. The Morgan fingerprint density at radius 2 is 1.78 bits per heavy atom. The number of urea groups is 1. The molecule has 0 unspecified atom stereocenters. The van der Waals surface area contributed by atoms with Gasteiger partial charge in [-0.3, -0.25) is 14.6 Å². The smallest absolute Gasteiger partial charge is 0.323 e. The van der Waals surface area contributed by atoms with Crippen molar-refractivity contribution in [1.82, 2.24) is 20.0 Å². The van der Waals surface area contributed by atoms with Crippen LogP contribution < -0.4 is 5.32 Å². The van der Waals surface area contributed by atoms with Gasteiger partial charge in [0, 0.05) is 26.2 Å². The van der Waals surface area contributed by atoms with E-state index in [1.54, 1.807) is 0 Å². The molecular formula is C17H26N4O2. The minimum Gasteiger partial charge on any atom is -0.323 e. The van der Waals surface area contributed by atoms with Gasteiger partial charge in [-0.2, -0.15) is 0 Å². The van der Waals surface area contributed by atoms with E-state index < -0.39 is 5.54 Å². The topological polar surface area (TPSA) is 55.9 Å². The van der Waals surface area contributed by atoms with Crippen LogP contribution in [0.2, 0.25) is 0 Å². The molecule has 3 rings (SSSR count). The second-order valence-corrected chi connectivity index (χ2v) is 7.17. The Balaban J connectivity index is 1.58. The Morgan fingerprint density at radius 3 is 2.39 bits per heavy atom. The summed E-state index contributed by atoms with van der Waals surface area (Å²) in [7, 11) is 0. The summed E-state index contributed by atoms with van der Waals surface area (Å²) in [5.74, 6) is 3.28. The van der Waals surface area contributed by atoms with Gasteiger partial charge in [0.05, 0.1) is 13.2 Å². The lowest BCUT2D eigenvalue weighted by Gasteiger charge is -2.36. The Labute approximate surface area is 138 Å². The quantitative estimate of drug-likeness (QED) is 0.615. The van der Waals surface area contributed by atoms with Crippen molar-refractivity contribution in [2.45, 2.75) is 38.1 Å². The lowest BCUT2D eigenvalue weighted by atomic mass is 9.77. The van der Waals surface area contributed by atoms with E-state index in [2.05, 4.69) is 28.0 Å². The van der Waals surface area contributed by atoms with Gasteiger partial charge in [0.2, 0.25) is 0 Å². The number of nitrogens with one attached hydrogen (secondary N) is 1. The van der Waals surface area contributed by atoms with Gasteiger partial charge in [-0.25, -0.2) is 9.69 Å². The molecular weight excluding hydrogens is 292 g/mol. The van der Waals surface area contributed by atoms with Crippen molar-refractivity contribution < 1.29 is 9.59 Å². The summed E-state index contributed by atoms with van der Waals surface area (Å²) in [6.45, 7) is 6.71. The molecule has 0 bridgehead atoms. The Kier molecular flexibility index (Phi) is 4.60. The van der Waals surface area contributed by atoms with Crippen LogP contribution >= 0.6 is 0 Å². The van der Waals surface area contributed by atoms with Gasteiger partial charge in [0.15, 0.2) is 0 Å². The predicted octanol–water partition coefficient (Wildman–Crippen LogP) is 0.695. The fourth-order valence-electron chi connectivity index (χ4n) is 3.82. The van der Waals surface area contributed by atoms with Gasteiger partial charge in [-0.05, 0) is 31.6 Å². The normalized spacial score (nSPS) is 33.0. The summed E-state index contributed by atoms with van der Waals surface area (Å²) >= 11 is 0. The lowest BCUT2D eigenvalue weighted by molar-refractivity contribution is -0.134. The first-order chi connectivity index (χ1) is 11.0. The monoisotopic (exact) mass is 318 g/mol. The van der Waals surface area contributed by atoms with E-state index in [-0.39, 0.29) is 11.9 Å². The molecule has 3 aliphatic rings. The second-order valence-electron chi connectivity index (χ2n) is 7.17. The van der Waals surface area contributed by atoms with Crippen molar-refractivity contribution in [2.75, 3.05) is 39.4 Å². The molecule has 6 heteroatoms. The van der Waals surface area contributed by atoms with Gasteiger partial charge in [0.1, 0.15) is 5.54 Å². The highest BCUT2D eigenvalue weighted by Gasteiger charge is 2.52. The molecule has 23 heavy (non-hydrogen) atoms. The molecule has 0 aromatic heterocycles. The van der Waals surface area contributed by atoms with E-state index in [0.29, 0.717) is 19.1 Å². The zero-order valence-corrected chi connectivity index (χ0v) is 13.9. The maximum absolute atomic E-state index is 12.8. The highest BCUT2D eigenvalue weighted by atomic mass is 16.2. The Morgan fingerprint density at radius 1 is 1.17 bits per heavy atom. The van der Waals surface area contributed by atoms with E-state index in [1.807, 2.05) is 0 Å². The molecule has 0 radical (unpaired) electrons. The van der Waals surface area contributed by atoms with E-state index in [9.17, 15) is 9.59 Å². The maximum Gasteiger partial charge on any atom is 0.326 e. The predicted molar refractivity (Wildman–Crippen MR) is 87.5 cm³/mol. The van der Waals surface area contributed by atoms with Crippen molar-refractivity contribution in [1.29, 1.82) is 0 Å². The van der Waals surface area contributed by atoms with E-state index in [4.69, 9.17) is 6.42 Å². The van der Waals surface area contributed by atoms with Gasteiger partial charge in [-0.1, -0.05) is 12.8 Å². The fourth-order valence-corrected chi connectivity index (χ4v) is 3.82. The molecule has 0 aromatic rings. The van der Waals surface area contributed by atoms with Crippen molar-refractivity contribution in [3.05, 3.63) is 0 Å². The zero-order valence-electron chi connectivity index (χ0n) is 13.9. The molecule has 0 atom stereocenters. The third kappa shape index (κ3) is 3.22. The van der Waals surface area contributed by atoms with Crippen LogP contribution in [0.5, 0.6) is 0 Å². The number of imide groups is 1. The van der Waals surface area contributed by atoms with Crippen LogP contribution in [-0.4, -0.2) is 71.6 Å². The average molecular weight is 318 g/mol. The molecule has 3 fully saturated rings. The number of piperazine rings is 1. The lowest BCUT2D eigenvalue weighted by Crippen LogP contribution is -2.52. The standard InChI is InChI=1S/C17H26N4O2/c1-3-8-19-9-11-20(12-10-19)13-21-15(22)17(18-16(21)23)6-4-14(2)5-7-17/h1,14H,4-13H2,2H3,(H,18,23). The van der Waals surface area contributed by atoms with E-state index in [1.165, 1.54) is 4.90 Å². The van der Waals surface area contributed by atoms with Crippen LogP contribution in [0.25, 0.3) is 0 Å². The zero-order chi connectivity index (χ0) is 16.4. The molecule has 126 valence electrons. The first kappa shape index (κ1) is 16.3. The second kappa shape index (κ2) is 6.50. The average Bonchev–Trinajstić information content (AvgIpc) is 2.77. The number of carbonyl (C=O) groups excluding carboxylic acids is 2. The summed E-state index contributed by atoms with van der Waals surface area (Å²) in [6, 6.07) is -0.226. The Bertz CT molecular complexity index is 511. The minimum atomic E-state index is -0.630. The third-order valence-corrected chi connectivity index (χ3v) is 5.49. The van der Waals surface area contributed by atoms with Crippen LogP contribution in [0.1, 0.15) is 32.6 Å². The van der Waals surface area contributed by atoms with Crippen LogP contribution in [0, 0.1) is 18.3 Å². The molecule has 2 heterocycles. The van der Waals surface area contributed by atoms with Crippen molar-refractivity contribution in [3.8, 4) is 12.3 Å². The fraction of sp³-hybridized carbons (Fsp3) is 0.765. The van der Waals surface area contributed by atoms with Crippen molar-refractivity contribution in [3.63, 3.8) is 0 Å². The highest BCUT2D eigenvalue weighted by molar-refractivity contribution is 6.07. The third-order valence-electron chi connectivity index (χ3n) is 5.49. The number of nitrogens with zero attached hydrogens (tertiary/aromatic N) is 3. The molecule has 3 amide bonds. The first-order valence-electron chi connectivity index (χ1n) is 8.56. The molecule has 2 aliphatic heterocycles. The van der Waals surface area contributed by atoms with Gasteiger partial charge >= 0.3 is 6.03 Å². The van der Waals surface area contributed by atoms with Crippen molar-refractivity contribution in [2.24, 2.45) is 5.92 Å². The van der Waals surface area contributed by atoms with Crippen LogP contribution in [0.15, 0.2) is 0 Å². The number of hydrogen-bond acceptors (Lipinski definition) is 4. The maximum atomic E-state index is 12.8. The molecule has 1 N–H and O–H groups in total. The largest absolute Gasteiger partial charge is 0.326 e. The Hall–Kier alpha value is -1.58. The van der Waals surface area contributed by atoms with Gasteiger partial charge in [0.25, 0.3) is 5.91 Å². The SMILES string of the molecule is C#CCN1CCN(CN2C(=O)NC3(CCC(C)CC3)C2=O)CC1. The molecule has 2 saturated heterocycles. The first-order valence-corrected chi connectivity index (χ1v) is 8.56. The van der Waals surface area contributed by atoms with Crippen LogP contribution in [0.3, 0.4) is 0 Å². The van der Waals surface area contributed by atoms with Gasteiger partial charge in [-0.15, -0.1) is 6.42 Å². The van der Waals surface area contributed by atoms with E-state index >= 15 is 0 Å². The summed E-state index contributed by atoms with van der Waals surface area (Å²) in [5.41, 5.74) is -0.630. The number of hydrogen-bond donors (Lipinski definition) is 1.